The molecule has 2 aromatic heterocycles. The Kier molecular flexibility index (Phi) is 18.2. The summed E-state index contributed by atoms with van der Waals surface area (Å²) in [6, 6.07) is 3.77. The number of esters is 2. The average Bonchev–Trinajstić information content (AvgIpc) is 1.72. The van der Waals surface area contributed by atoms with Crippen molar-refractivity contribution in [3.63, 3.8) is 0 Å². The molecule has 6 N–H and O–H groups in total. The maximum Gasteiger partial charge on any atom is 0.338 e. The summed E-state index contributed by atoms with van der Waals surface area (Å²) < 4.78 is 40.1. The summed E-state index contributed by atoms with van der Waals surface area (Å²) in [7, 11) is 0. The number of halogens is 4. The number of carbonyl (C=O) groups excluding carboxylic acids is 6. The fraction of sp³-hybridized carbons (Fsp3) is 0.464. The molecule has 0 radical (unpaired) electrons. The third-order valence-corrected chi connectivity index (χ3v) is 17.6. The molecule has 6 aliphatic rings. The van der Waals surface area contributed by atoms with Gasteiger partial charge in [0.05, 0.1) is 46.5 Å². The molecule has 0 unspecified atom stereocenters. The average molecular weight is 1240 g/mol. The topological polar surface area (TPSA) is 267 Å². The van der Waals surface area contributed by atoms with Crippen LogP contribution in [0, 0.1) is 11.6 Å². The van der Waals surface area contributed by atoms with E-state index in [9.17, 15) is 37.5 Å². The van der Waals surface area contributed by atoms with Crippen LogP contribution in [0.2, 0.25) is 10.0 Å². The van der Waals surface area contributed by atoms with Crippen LogP contribution < -0.4 is 22.1 Å². The van der Waals surface area contributed by atoms with E-state index in [0.29, 0.717) is 72.3 Å². The molecule has 22 nitrogen and oxygen atoms in total. The Hall–Kier alpha value is -7.10. The van der Waals surface area contributed by atoms with E-state index in [-0.39, 0.29) is 70.7 Å². The maximum atomic E-state index is 14.6. The van der Waals surface area contributed by atoms with E-state index >= 15 is 0 Å². The van der Waals surface area contributed by atoms with Gasteiger partial charge in [0.25, 0.3) is 0 Å². The standard InChI is InChI=1S/2C28H33ClFN7O4S/c2*1-5-41-26(39)19-17(13-35-10-11-36-18(22(35)23(31)38)14-37(27(36)40)28(2,3)4)33-24(25-32-9-12-42-25)34-21(19)15-7-6-8-16(30)20(15)29/h2*6-9,12,18,21-22H,5,10-11,13-14H2,1-4H3,(H2,31,38)(H,33,34)/t18-,21+,22+;18-,21-,22+/m10/s1. The summed E-state index contributed by atoms with van der Waals surface area (Å²) in [5.74, 6) is -3.05. The van der Waals surface area contributed by atoms with Crippen molar-refractivity contribution in [2.75, 3.05) is 65.6 Å². The van der Waals surface area contributed by atoms with Crippen LogP contribution in [-0.2, 0) is 28.7 Å². The fourth-order valence-corrected chi connectivity index (χ4v) is 13.0. The van der Waals surface area contributed by atoms with Crippen molar-refractivity contribution in [3.8, 4) is 0 Å². The second-order valence-corrected chi connectivity index (χ2v) is 25.0. The van der Waals surface area contributed by atoms with Crippen molar-refractivity contribution >= 4 is 93.4 Å². The van der Waals surface area contributed by atoms with E-state index in [4.69, 9.17) is 54.1 Å². The van der Waals surface area contributed by atoms with Crippen molar-refractivity contribution in [1.82, 2.24) is 50.0 Å². The minimum atomic E-state index is -1.01. The number of fused-ring (bicyclic) bond motifs is 2. The molecular formula is C56H66Cl2F2N14O8S2. The lowest BCUT2D eigenvalue weighted by atomic mass is 9.94. The van der Waals surface area contributed by atoms with E-state index in [1.165, 1.54) is 46.9 Å². The number of hydrogen-bond donors (Lipinski definition) is 4. The highest BCUT2D eigenvalue weighted by Gasteiger charge is 2.53. The van der Waals surface area contributed by atoms with Crippen LogP contribution in [0.5, 0.6) is 0 Å². The van der Waals surface area contributed by atoms with Gasteiger partial charge in [0, 0.05) is 109 Å². The lowest BCUT2D eigenvalue weighted by Gasteiger charge is -2.43. The van der Waals surface area contributed by atoms with Gasteiger partial charge in [-0.05, 0) is 67.5 Å². The molecule has 0 bridgehead atoms. The number of primary amides is 2. The molecule has 4 fully saturated rings. The number of nitrogens with one attached hydrogen (secondary N) is 2. The number of ether oxygens (including phenoxy) is 2. The lowest BCUT2D eigenvalue weighted by Crippen LogP contribution is -2.64. The number of amidine groups is 2. The molecule has 10 rings (SSSR count). The van der Waals surface area contributed by atoms with Gasteiger partial charge in [-0.1, -0.05) is 47.5 Å². The number of nitrogens with zero attached hydrogens (tertiary/aromatic N) is 10. The summed E-state index contributed by atoms with van der Waals surface area (Å²) >= 11 is 15.5. The molecule has 4 saturated heterocycles. The molecule has 28 heteroatoms. The zero-order valence-corrected chi connectivity index (χ0v) is 50.7. The smallest absolute Gasteiger partial charge is 0.338 e. The zero-order chi connectivity index (χ0) is 60.7. The Morgan fingerprint density at radius 2 is 1.02 bits per heavy atom. The number of benzene rings is 2. The number of carbonyl (C=O) groups is 6. The number of aromatic nitrogens is 2. The highest BCUT2D eigenvalue weighted by Crippen LogP contribution is 2.41. The Balaban J connectivity index is 0.000000202. The molecular weight excluding hydrogens is 1170 g/mol. The van der Waals surface area contributed by atoms with E-state index in [1.54, 1.807) is 68.7 Å². The monoisotopic (exact) mass is 1230 g/mol. The normalized spacial score (nSPS) is 23.0. The third kappa shape index (κ3) is 12.2. The van der Waals surface area contributed by atoms with Crippen LogP contribution >= 0.6 is 45.9 Å². The Morgan fingerprint density at radius 1 is 0.643 bits per heavy atom. The van der Waals surface area contributed by atoms with Gasteiger partial charge in [-0.25, -0.2) is 37.9 Å². The highest BCUT2D eigenvalue weighted by molar-refractivity contribution is 7.12. The first-order chi connectivity index (χ1) is 39.8. The molecule has 6 amide bonds. The molecule has 4 aromatic rings. The van der Waals surface area contributed by atoms with Gasteiger partial charge in [0.1, 0.15) is 35.8 Å². The van der Waals surface area contributed by atoms with Gasteiger partial charge in [-0.3, -0.25) is 29.4 Å². The first-order valence-electron chi connectivity index (χ1n) is 27.2. The quantitative estimate of drug-likeness (QED) is 0.108. The molecule has 0 saturated carbocycles. The number of piperazine rings is 2. The summed E-state index contributed by atoms with van der Waals surface area (Å²) in [6.07, 6.45) is 3.25. The van der Waals surface area contributed by atoms with Crippen LogP contribution in [-0.4, -0.2) is 188 Å². The minimum Gasteiger partial charge on any atom is -0.463 e. The second-order valence-electron chi connectivity index (χ2n) is 22.5. The van der Waals surface area contributed by atoms with E-state index in [0.717, 1.165) is 0 Å². The highest BCUT2D eigenvalue weighted by atomic mass is 35.5. The molecule has 0 spiro atoms. The summed E-state index contributed by atoms with van der Waals surface area (Å²) in [6.45, 7) is 17.4. The molecule has 0 aliphatic carbocycles. The zero-order valence-electron chi connectivity index (χ0n) is 47.5. The fourth-order valence-electron chi connectivity index (χ4n) is 11.4. The van der Waals surface area contributed by atoms with Crippen LogP contribution in [0.1, 0.15) is 88.6 Å². The van der Waals surface area contributed by atoms with Gasteiger partial charge in [0.15, 0.2) is 21.7 Å². The summed E-state index contributed by atoms with van der Waals surface area (Å²) in [4.78, 5) is 108. The number of amides is 6. The van der Waals surface area contributed by atoms with Crippen molar-refractivity contribution in [3.05, 3.63) is 125 Å². The molecule has 6 atom stereocenters. The van der Waals surface area contributed by atoms with Crippen molar-refractivity contribution in [2.24, 2.45) is 21.5 Å². The molecule has 6 aliphatic heterocycles. The molecule has 84 heavy (non-hydrogen) atoms. The molecule has 2 aromatic carbocycles. The van der Waals surface area contributed by atoms with Crippen LogP contribution in [0.4, 0.5) is 18.4 Å². The van der Waals surface area contributed by atoms with Gasteiger partial charge in [-0.15, -0.1) is 22.7 Å². The minimum absolute atomic E-state index is 0.0730. The predicted molar refractivity (Wildman–Crippen MR) is 313 cm³/mol. The lowest BCUT2D eigenvalue weighted by molar-refractivity contribution is -0.140. The number of urea groups is 2. The third-order valence-electron chi connectivity index (χ3n) is 15.3. The van der Waals surface area contributed by atoms with Gasteiger partial charge >= 0.3 is 24.0 Å². The van der Waals surface area contributed by atoms with Gasteiger partial charge < -0.3 is 51.2 Å². The Bertz CT molecular complexity index is 3130. The van der Waals surface area contributed by atoms with E-state index < -0.39 is 82.7 Å². The first-order valence-corrected chi connectivity index (χ1v) is 29.8. The van der Waals surface area contributed by atoms with Crippen LogP contribution in [0.15, 0.2) is 92.1 Å². The maximum absolute atomic E-state index is 14.6. The number of thiazole rings is 2. The van der Waals surface area contributed by atoms with Crippen molar-refractivity contribution in [2.45, 2.75) is 103 Å². The van der Waals surface area contributed by atoms with E-state index in [2.05, 4.69) is 20.6 Å². The van der Waals surface area contributed by atoms with Crippen molar-refractivity contribution < 1.29 is 47.0 Å². The van der Waals surface area contributed by atoms with E-state index in [1.807, 2.05) is 51.3 Å². The first kappa shape index (κ1) is 61.5. The summed E-state index contributed by atoms with van der Waals surface area (Å²) in [5.41, 5.74) is 12.7. The Labute approximate surface area is 502 Å². The SMILES string of the molecule is CCOC(=O)C1=C(CN2CCN3C(=O)N(C(C)(C)C)C[C@@H]3[C@H]2C(N)=O)NC(c2nccs2)=N[C@H]1c1cccc(F)c1Cl.CCOC(=O)C1=C(CN2CCN3C(=O)N(C(C)(C)C)C[C@H]3[C@@H]2C(N)=O)NC(c2nccs2)=N[C@H]1c1cccc(F)c1Cl. The predicted octanol–water partition coefficient (Wildman–Crippen LogP) is 5.84. The van der Waals surface area contributed by atoms with Crippen LogP contribution in [0.3, 0.4) is 0 Å². The second kappa shape index (κ2) is 24.8. The summed E-state index contributed by atoms with van der Waals surface area (Å²) in [5, 5.41) is 10.8. The largest absolute Gasteiger partial charge is 0.463 e. The Morgan fingerprint density at radius 3 is 1.35 bits per heavy atom. The van der Waals surface area contributed by atoms with Crippen molar-refractivity contribution in [1.29, 1.82) is 0 Å². The number of aliphatic imine (C=N–C) groups is 2. The number of rotatable bonds is 14. The van der Waals surface area contributed by atoms with Gasteiger partial charge in [0.2, 0.25) is 11.8 Å². The molecule has 448 valence electrons. The van der Waals surface area contributed by atoms with Gasteiger partial charge in [-0.2, -0.15) is 0 Å². The van der Waals surface area contributed by atoms with Crippen LogP contribution in [0.25, 0.3) is 0 Å². The number of nitrogens with two attached hydrogens (primary N) is 2. The molecule has 8 heterocycles. The number of hydrogen-bond acceptors (Lipinski definition) is 18.